The van der Waals surface area contributed by atoms with Crippen molar-refractivity contribution in [2.24, 2.45) is 21.5 Å². The van der Waals surface area contributed by atoms with Gasteiger partial charge in [0.2, 0.25) is 5.88 Å². The summed E-state index contributed by atoms with van der Waals surface area (Å²) in [6.45, 7) is 0.377. The molecule has 0 amide bonds. The molecule has 1 aliphatic rings. The summed E-state index contributed by atoms with van der Waals surface area (Å²) < 4.78 is 5.88. The van der Waals surface area contributed by atoms with Crippen LogP contribution >= 0.6 is 0 Å². The fourth-order valence-corrected chi connectivity index (χ4v) is 2.27. The SMILES string of the molecule is C#Cc1ccc(-c2ncc(CN)cn2)c(OC2=CC(C(N)=CC=NC)=N2)c1. The first-order valence-corrected chi connectivity index (χ1v) is 8.13. The average molecular weight is 358 g/mol. The van der Waals surface area contributed by atoms with Crippen molar-refractivity contribution in [2.75, 3.05) is 7.05 Å². The topological polar surface area (TPSA) is 112 Å². The van der Waals surface area contributed by atoms with Crippen molar-refractivity contribution in [1.82, 2.24) is 9.97 Å². The quantitative estimate of drug-likeness (QED) is 0.604. The number of nitrogens with zero attached hydrogens (tertiary/aromatic N) is 4. The van der Waals surface area contributed by atoms with Crippen molar-refractivity contribution in [3.63, 3.8) is 0 Å². The minimum Gasteiger partial charge on any atom is -0.438 e. The lowest BCUT2D eigenvalue weighted by molar-refractivity contribution is 0.417. The van der Waals surface area contributed by atoms with E-state index < -0.39 is 0 Å². The molecule has 7 nitrogen and oxygen atoms in total. The minimum absolute atomic E-state index is 0.377. The first-order chi connectivity index (χ1) is 13.1. The predicted molar refractivity (Wildman–Crippen MR) is 106 cm³/mol. The van der Waals surface area contributed by atoms with Gasteiger partial charge in [-0.25, -0.2) is 15.0 Å². The van der Waals surface area contributed by atoms with Crippen LogP contribution in [0.5, 0.6) is 5.75 Å². The molecule has 3 rings (SSSR count). The van der Waals surface area contributed by atoms with Crippen LogP contribution in [0.2, 0.25) is 0 Å². The number of hydrogen-bond acceptors (Lipinski definition) is 7. The zero-order valence-electron chi connectivity index (χ0n) is 14.8. The maximum atomic E-state index is 5.90. The first kappa shape index (κ1) is 18.0. The van der Waals surface area contributed by atoms with Crippen LogP contribution in [0.1, 0.15) is 11.1 Å². The maximum Gasteiger partial charge on any atom is 0.222 e. The van der Waals surface area contributed by atoms with E-state index in [1.165, 1.54) is 0 Å². The molecule has 0 unspecified atom stereocenters. The van der Waals surface area contributed by atoms with E-state index in [0.717, 1.165) is 5.56 Å². The zero-order chi connectivity index (χ0) is 19.2. The van der Waals surface area contributed by atoms with Crippen LogP contribution in [0.3, 0.4) is 0 Å². The number of ether oxygens (including phenoxy) is 1. The van der Waals surface area contributed by atoms with E-state index in [0.29, 0.717) is 46.5 Å². The van der Waals surface area contributed by atoms with E-state index in [9.17, 15) is 0 Å². The molecule has 2 aromatic rings. The van der Waals surface area contributed by atoms with Crippen LogP contribution in [0.25, 0.3) is 11.4 Å². The summed E-state index contributed by atoms with van der Waals surface area (Å²) in [4.78, 5) is 16.8. The molecule has 7 heteroatoms. The van der Waals surface area contributed by atoms with Crippen molar-refractivity contribution in [3.05, 3.63) is 65.5 Å². The molecule has 0 spiro atoms. The zero-order valence-corrected chi connectivity index (χ0v) is 14.8. The van der Waals surface area contributed by atoms with Gasteiger partial charge >= 0.3 is 0 Å². The van der Waals surface area contributed by atoms with Crippen LogP contribution in [-0.2, 0) is 6.54 Å². The number of aliphatic imine (C=N–C) groups is 2. The van der Waals surface area contributed by atoms with Gasteiger partial charge in [0.05, 0.1) is 17.0 Å². The average Bonchev–Trinajstić information content (AvgIpc) is 2.68. The molecule has 0 aliphatic carbocycles. The fraction of sp³-hybridized carbons (Fsp3) is 0.100. The van der Waals surface area contributed by atoms with E-state index in [-0.39, 0.29) is 0 Å². The van der Waals surface area contributed by atoms with Crippen molar-refractivity contribution in [2.45, 2.75) is 6.54 Å². The molecule has 0 atom stereocenters. The number of allylic oxidation sites excluding steroid dienone is 2. The molecule has 0 bridgehead atoms. The first-order valence-electron chi connectivity index (χ1n) is 8.13. The van der Waals surface area contributed by atoms with Crippen LogP contribution in [0.4, 0.5) is 0 Å². The second-order valence-corrected chi connectivity index (χ2v) is 5.59. The van der Waals surface area contributed by atoms with Crippen LogP contribution in [-0.4, -0.2) is 28.9 Å². The summed E-state index contributed by atoms with van der Waals surface area (Å²) in [7, 11) is 1.67. The number of aromatic nitrogens is 2. The Hall–Kier alpha value is -3.76. The summed E-state index contributed by atoms with van der Waals surface area (Å²) in [6, 6.07) is 5.36. The highest BCUT2D eigenvalue weighted by Gasteiger charge is 2.18. The van der Waals surface area contributed by atoms with Gasteiger partial charge in [-0.2, -0.15) is 0 Å². The molecular formula is C20H18N6O. The van der Waals surface area contributed by atoms with E-state index in [1.54, 1.807) is 49.9 Å². The van der Waals surface area contributed by atoms with Crippen LogP contribution in [0.15, 0.2) is 64.3 Å². The molecule has 134 valence electrons. The predicted octanol–water partition coefficient (Wildman–Crippen LogP) is 1.80. The highest BCUT2D eigenvalue weighted by molar-refractivity contribution is 6.13. The Balaban J connectivity index is 1.86. The molecule has 0 fully saturated rings. The molecular weight excluding hydrogens is 340 g/mol. The molecule has 1 aliphatic heterocycles. The van der Waals surface area contributed by atoms with Gasteiger partial charge in [-0.3, -0.25) is 4.99 Å². The summed E-state index contributed by atoms with van der Waals surface area (Å²) in [5.41, 5.74) is 14.8. The Morgan fingerprint density at radius 3 is 2.70 bits per heavy atom. The Morgan fingerprint density at radius 2 is 2.07 bits per heavy atom. The number of benzene rings is 1. The summed E-state index contributed by atoms with van der Waals surface area (Å²) in [5, 5.41) is 0. The summed E-state index contributed by atoms with van der Waals surface area (Å²) in [6.07, 6.45) is 13.9. The highest BCUT2D eigenvalue weighted by atomic mass is 16.5. The van der Waals surface area contributed by atoms with E-state index in [1.807, 2.05) is 6.07 Å². The lowest BCUT2D eigenvalue weighted by Gasteiger charge is -2.17. The van der Waals surface area contributed by atoms with Gasteiger partial charge < -0.3 is 16.2 Å². The Bertz CT molecular complexity index is 1010. The van der Waals surface area contributed by atoms with Gasteiger partial charge in [0.25, 0.3) is 0 Å². The number of hydrogen-bond donors (Lipinski definition) is 2. The molecule has 1 aromatic heterocycles. The van der Waals surface area contributed by atoms with Crippen molar-refractivity contribution in [1.29, 1.82) is 0 Å². The van der Waals surface area contributed by atoms with Crippen molar-refractivity contribution >= 4 is 11.9 Å². The van der Waals surface area contributed by atoms with Crippen molar-refractivity contribution < 1.29 is 4.74 Å². The van der Waals surface area contributed by atoms with Crippen LogP contribution in [0, 0.1) is 12.3 Å². The molecule has 2 heterocycles. The third kappa shape index (κ3) is 4.08. The minimum atomic E-state index is 0.377. The number of nitrogens with two attached hydrogens (primary N) is 2. The molecule has 27 heavy (non-hydrogen) atoms. The lowest BCUT2D eigenvalue weighted by Crippen LogP contribution is -2.18. The van der Waals surface area contributed by atoms with Crippen LogP contribution < -0.4 is 16.2 Å². The third-order valence-electron chi connectivity index (χ3n) is 3.73. The van der Waals surface area contributed by atoms with Gasteiger partial charge in [-0.15, -0.1) is 6.42 Å². The molecule has 0 saturated carbocycles. The molecule has 4 N–H and O–H groups in total. The number of terminal acetylenes is 1. The van der Waals surface area contributed by atoms with E-state index >= 15 is 0 Å². The van der Waals surface area contributed by atoms with Gasteiger partial charge in [-0.05, 0) is 24.3 Å². The third-order valence-corrected chi connectivity index (χ3v) is 3.73. The van der Waals surface area contributed by atoms with Gasteiger partial charge in [0.1, 0.15) is 5.75 Å². The maximum absolute atomic E-state index is 5.90. The molecule has 1 aromatic carbocycles. The van der Waals surface area contributed by atoms with E-state index in [4.69, 9.17) is 22.6 Å². The fourth-order valence-electron chi connectivity index (χ4n) is 2.27. The Kier molecular flexibility index (Phi) is 5.40. The second-order valence-electron chi connectivity index (χ2n) is 5.59. The van der Waals surface area contributed by atoms with Gasteiger partial charge in [0.15, 0.2) is 5.82 Å². The Morgan fingerprint density at radius 1 is 1.33 bits per heavy atom. The summed E-state index contributed by atoms with van der Waals surface area (Å²) >= 11 is 0. The van der Waals surface area contributed by atoms with Gasteiger partial charge in [-0.1, -0.05) is 5.92 Å². The Labute approximate surface area is 157 Å². The highest BCUT2D eigenvalue weighted by Crippen LogP contribution is 2.31. The van der Waals surface area contributed by atoms with Crippen molar-refractivity contribution in [3.8, 4) is 29.5 Å². The smallest absolute Gasteiger partial charge is 0.222 e. The van der Waals surface area contributed by atoms with E-state index in [2.05, 4.69) is 25.9 Å². The molecule has 0 radical (unpaired) electrons. The number of rotatable bonds is 6. The lowest BCUT2D eigenvalue weighted by atomic mass is 10.1. The second kappa shape index (κ2) is 8.08. The monoisotopic (exact) mass is 358 g/mol. The summed E-state index contributed by atoms with van der Waals surface area (Å²) in [5.74, 6) is 4.03. The normalized spacial score (nSPS) is 13.6. The molecule has 0 saturated heterocycles. The largest absolute Gasteiger partial charge is 0.438 e. The standard InChI is InChI=1S/C20H18N6O/c1-3-13-4-5-15(20-24-11-14(10-21)12-25-20)18(8-13)27-19-9-17(26-19)16(22)6-7-23-2/h1,4-9,11-12H,10,21-22H2,2H3. The van der Waals surface area contributed by atoms with Gasteiger partial charge in [0, 0.05) is 49.4 Å².